The average molecular weight is 395 g/mol. The van der Waals surface area contributed by atoms with Gasteiger partial charge in [-0.1, -0.05) is 19.7 Å². The van der Waals surface area contributed by atoms with E-state index in [-0.39, 0.29) is 49.3 Å². The van der Waals surface area contributed by atoms with Crippen LogP contribution in [0.3, 0.4) is 0 Å². The SMILES string of the molecule is CC1C(CO)C(c2cc3c(cc2C(=O)NS)OCO3)CC2OC(C)(C)OC21. The molecular weight excluding hydrogens is 370 g/mol. The number of aliphatic hydroxyl groups excluding tert-OH is 1. The van der Waals surface area contributed by atoms with Crippen LogP contribution in [0.2, 0.25) is 0 Å². The lowest BCUT2D eigenvalue weighted by molar-refractivity contribution is -0.149. The molecule has 0 radical (unpaired) electrons. The molecule has 1 amide bonds. The highest BCUT2D eigenvalue weighted by molar-refractivity contribution is 7.78. The van der Waals surface area contributed by atoms with E-state index in [1.807, 2.05) is 19.9 Å². The van der Waals surface area contributed by atoms with Crippen LogP contribution in [0.15, 0.2) is 12.1 Å². The first-order valence-corrected chi connectivity index (χ1v) is 9.64. The van der Waals surface area contributed by atoms with E-state index in [1.54, 1.807) is 6.07 Å². The number of ether oxygens (including phenoxy) is 4. The van der Waals surface area contributed by atoms with Crippen molar-refractivity contribution in [1.29, 1.82) is 0 Å². The molecule has 27 heavy (non-hydrogen) atoms. The Kier molecular flexibility index (Phi) is 4.78. The number of rotatable bonds is 3. The molecule has 2 aliphatic heterocycles. The van der Waals surface area contributed by atoms with Gasteiger partial charge in [0.25, 0.3) is 5.91 Å². The van der Waals surface area contributed by atoms with Crippen molar-refractivity contribution in [3.8, 4) is 11.5 Å². The Morgan fingerprint density at radius 2 is 2.00 bits per heavy atom. The Morgan fingerprint density at radius 3 is 2.67 bits per heavy atom. The Hall–Kier alpha value is -1.48. The summed E-state index contributed by atoms with van der Waals surface area (Å²) < 4.78 is 25.5. The van der Waals surface area contributed by atoms with Crippen LogP contribution in [-0.2, 0) is 9.47 Å². The third-order valence-corrected chi connectivity index (χ3v) is 6.12. The number of amides is 1. The summed E-state index contributed by atoms with van der Waals surface area (Å²) in [6, 6.07) is 3.53. The number of benzene rings is 1. The van der Waals surface area contributed by atoms with Gasteiger partial charge >= 0.3 is 0 Å². The number of hydrogen-bond acceptors (Lipinski definition) is 7. The molecule has 0 spiro atoms. The molecule has 1 saturated carbocycles. The zero-order valence-electron chi connectivity index (χ0n) is 15.6. The van der Waals surface area contributed by atoms with Gasteiger partial charge in [-0.05, 0) is 55.7 Å². The Bertz CT molecular complexity index is 754. The molecular formula is C19H25NO6S. The van der Waals surface area contributed by atoms with E-state index < -0.39 is 5.79 Å². The monoisotopic (exact) mass is 395 g/mol. The van der Waals surface area contributed by atoms with Crippen LogP contribution in [0, 0.1) is 11.8 Å². The van der Waals surface area contributed by atoms with Crippen molar-refractivity contribution in [2.45, 2.75) is 51.1 Å². The van der Waals surface area contributed by atoms with Crippen molar-refractivity contribution < 1.29 is 28.8 Å². The number of thiol groups is 1. The minimum Gasteiger partial charge on any atom is -0.454 e. The van der Waals surface area contributed by atoms with Gasteiger partial charge in [-0.25, -0.2) is 0 Å². The van der Waals surface area contributed by atoms with Gasteiger partial charge in [0.05, 0.1) is 12.2 Å². The maximum absolute atomic E-state index is 12.5. The first kappa shape index (κ1) is 18.9. The summed E-state index contributed by atoms with van der Waals surface area (Å²) in [6.45, 7) is 6.00. The molecule has 2 fully saturated rings. The second-order valence-electron chi connectivity index (χ2n) is 7.92. The normalized spacial score (nSPS) is 33.6. The zero-order chi connectivity index (χ0) is 19.3. The Balaban J connectivity index is 1.76. The van der Waals surface area contributed by atoms with Gasteiger partial charge in [-0.15, -0.1) is 0 Å². The number of carbonyl (C=O) groups is 1. The number of carbonyl (C=O) groups excluding carboxylic acids is 1. The molecule has 1 saturated heterocycles. The van der Waals surface area contributed by atoms with Crippen molar-refractivity contribution in [2.75, 3.05) is 13.4 Å². The molecule has 0 bridgehead atoms. The van der Waals surface area contributed by atoms with Crippen LogP contribution in [0.1, 0.15) is 49.0 Å². The standard InChI is InChI=1S/C19H25NO6S/c1-9-13(7-21)11(5-16-17(9)26-19(2,3)25-16)10-4-14-15(24-8-23-14)6-12(10)18(22)20-27/h4,6,9,11,13,16-17,21,27H,5,7-8H2,1-3H3,(H,20,22). The highest BCUT2D eigenvalue weighted by Crippen LogP contribution is 2.50. The highest BCUT2D eigenvalue weighted by atomic mass is 32.1. The molecule has 148 valence electrons. The Morgan fingerprint density at radius 1 is 1.30 bits per heavy atom. The predicted octanol–water partition coefficient (Wildman–Crippen LogP) is 2.24. The maximum Gasteiger partial charge on any atom is 0.261 e. The van der Waals surface area contributed by atoms with Crippen LogP contribution in [0.25, 0.3) is 0 Å². The van der Waals surface area contributed by atoms with E-state index in [0.717, 1.165) is 5.56 Å². The lowest BCUT2D eigenvalue weighted by Gasteiger charge is -2.41. The fourth-order valence-corrected chi connectivity index (χ4v) is 4.82. The highest BCUT2D eigenvalue weighted by Gasteiger charge is 2.52. The van der Waals surface area contributed by atoms with Crippen LogP contribution >= 0.6 is 12.8 Å². The van der Waals surface area contributed by atoms with Gasteiger partial charge in [-0.2, -0.15) is 0 Å². The van der Waals surface area contributed by atoms with Gasteiger partial charge in [0, 0.05) is 12.2 Å². The summed E-state index contributed by atoms with van der Waals surface area (Å²) in [4.78, 5) is 12.5. The molecule has 1 aromatic rings. The van der Waals surface area contributed by atoms with Crippen molar-refractivity contribution in [2.24, 2.45) is 11.8 Å². The van der Waals surface area contributed by atoms with Crippen LogP contribution < -0.4 is 14.2 Å². The first-order valence-electron chi connectivity index (χ1n) is 9.19. The smallest absolute Gasteiger partial charge is 0.261 e. The minimum atomic E-state index is -0.654. The Labute approximate surface area is 163 Å². The zero-order valence-corrected chi connectivity index (χ0v) is 16.5. The molecule has 7 nitrogen and oxygen atoms in total. The van der Waals surface area contributed by atoms with Crippen LogP contribution in [-0.4, -0.2) is 42.4 Å². The number of aliphatic hydroxyl groups is 1. The molecule has 5 unspecified atom stereocenters. The molecule has 0 aromatic heterocycles. The van der Waals surface area contributed by atoms with Gasteiger partial charge in [-0.3, -0.25) is 9.52 Å². The van der Waals surface area contributed by atoms with Crippen LogP contribution in [0.5, 0.6) is 11.5 Å². The third-order valence-electron chi connectivity index (χ3n) is 5.92. The van der Waals surface area contributed by atoms with E-state index in [2.05, 4.69) is 24.5 Å². The van der Waals surface area contributed by atoms with E-state index in [4.69, 9.17) is 18.9 Å². The summed E-state index contributed by atoms with van der Waals surface area (Å²) in [5.41, 5.74) is 1.28. The van der Waals surface area contributed by atoms with Crippen molar-refractivity contribution in [3.05, 3.63) is 23.3 Å². The van der Waals surface area contributed by atoms with E-state index in [0.29, 0.717) is 23.5 Å². The molecule has 8 heteroatoms. The quantitative estimate of drug-likeness (QED) is 0.681. The van der Waals surface area contributed by atoms with Gasteiger partial charge in [0.2, 0.25) is 6.79 Å². The molecule has 1 aliphatic carbocycles. The van der Waals surface area contributed by atoms with Crippen molar-refractivity contribution in [3.63, 3.8) is 0 Å². The largest absolute Gasteiger partial charge is 0.454 e. The predicted molar refractivity (Wildman–Crippen MR) is 99.9 cm³/mol. The lowest BCUT2D eigenvalue weighted by atomic mass is 9.67. The molecule has 5 atom stereocenters. The second-order valence-corrected chi connectivity index (χ2v) is 8.14. The summed E-state index contributed by atoms with van der Waals surface area (Å²) in [6.07, 6.45) is 0.473. The van der Waals surface area contributed by atoms with Gasteiger partial charge < -0.3 is 24.1 Å². The fourth-order valence-electron chi connectivity index (χ4n) is 4.70. The second kappa shape index (κ2) is 6.84. The average Bonchev–Trinajstić information content (AvgIpc) is 3.22. The molecule has 2 N–H and O–H groups in total. The molecule has 1 aromatic carbocycles. The summed E-state index contributed by atoms with van der Waals surface area (Å²) in [7, 11) is 0. The molecule has 4 rings (SSSR count). The summed E-state index contributed by atoms with van der Waals surface area (Å²) in [5.74, 6) is 0.0820. The third kappa shape index (κ3) is 3.18. The first-order chi connectivity index (χ1) is 12.8. The van der Waals surface area contributed by atoms with Crippen LogP contribution in [0.4, 0.5) is 0 Å². The maximum atomic E-state index is 12.5. The molecule has 2 heterocycles. The van der Waals surface area contributed by atoms with Crippen molar-refractivity contribution in [1.82, 2.24) is 4.72 Å². The van der Waals surface area contributed by atoms with E-state index >= 15 is 0 Å². The summed E-state index contributed by atoms with van der Waals surface area (Å²) in [5, 5.41) is 10.2. The van der Waals surface area contributed by atoms with Gasteiger partial charge in [0.1, 0.15) is 0 Å². The van der Waals surface area contributed by atoms with Crippen molar-refractivity contribution >= 4 is 18.7 Å². The topological polar surface area (TPSA) is 86.3 Å². The number of hydrogen-bond donors (Lipinski definition) is 3. The number of nitrogens with one attached hydrogen (secondary N) is 1. The summed E-state index contributed by atoms with van der Waals surface area (Å²) >= 11 is 3.92. The van der Waals surface area contributed by atoms with Gasteiger partial charge in [0.15, 0.2) is 17.3 Å². The molecule has 3 aliphatic rings. The van der Waals surface area contributed by atoms with E-state index in [9.17, 15) is 9.90 Å². The fraction of sp³-hybridized carbons (Fsp3) is 0.632. The lowest BCUT2D eigenvalue weighted by Crippen LogP contribution is -2.44. The minimum absolute atomic E-state index is 0.00474. The number of fused-ring (bicyclic) bond motifs is 2. The van der Waals surface area contributed by atoms with E-state index in [1.165, 1.54) is 0 Å².